The number of methoxy groups -OCH3 is 1. The van der Waals surface area contributed by atoms with Crippen molar-refractivity contribution in [3.8, 4) is 0 Å². The number of carbonyl (C=O) groups is 1. The zero-order chi connectivity index (χ0) is 23.5. The molecule has 1 aromatic heterocycles. The SMILES string of the molecule is CCC(/C=N\N=C1/C[C@@H]2[C@@H](CC)CN(C)[C@@H](Cc3c1[nH]c1ccccc31)[C@@H]2C(=O)OC)CC. The smallest absolute Gasteiger partial charge is 0.310 e. The van der Waals surface area contributed by atoms with Gasteiger partial charge >= 0.3 is 5.97 Å². The molecule has 0 radical (unpaired) electrons. The van der Waals surface area contributed by atoms with Crippen LogP contribution in [0.4, 0.5) is 0 Å². The minimum absolute atomic E-state index is 0.0989. The van der Waals surface area contributed by atoms with E-state index >= 15 is 0 Å². The molecule has 1 aliphatic heterocycles. The van der Waals surface area contributed by atoms with E-state index in [0.29, 0.717) is 11.8 Å². The van der Waals surface area contributed by atoms with Gasteiger partial charge in [0.25, 0.3) is 0 Å². The molecule has 1 aromatic carbocycles. The summed E-state index contributed by atoms with van der Waals surface area (Å²) >= 11 is 0. The molecule has 33 heavy (non-hydrogen) atoms. The van der Waals surface area contributed by atoms with Crippen molar-refractivity contribution in [2.75, 3.05) is 20.7 Å². The van der Waals surface area contributed by atoms with E-state index in [2.05, 4.69) is 67.1 Å². The summed E-state index contributed by atoms with van der Waals surface area (Å²) < 4.78 is 5.35. The molecule has 4 rings (SSSR count). The fraction of sp³-hybridized carbons (Fsp3) is 0.593. The van der Waals surface area contributed by atoms with Crippen LogP contribution in [0.1, 0.15) is 57.7 Å². The van der Waals surface area contributed by atoms with Gasteiger partial charge in [0.05, 0.1) is 24.4 Å². The fourth-order valence-electron chi connectivity index (χ4n) is 5.95. The number of benzene rings is 1. The lowest BCUT2D eigenvalue weighted by Crippen LogP contribution is -2.56. The number of hydrogen-bond donors (Lipinski definition) is 1. The minimum atomic E-state index is -0.172. The Hall–Kier alpha value is -2.47. The molecule has 6 heteroatoms. The molecular formula is C27H38N4O2. The van der Waals surface area contributed by atoms with Crippen LogP contribution in [0.5, 0.6) is 0 Å². The van der Waals surface area contributed by atoms with Gasteiger partial charge in [-0.05, 0) is 62.1 Å². The topological polar surface area (TPSA) is 70.0 Å². The van der Waals surface area contributed by atoms with Crippen LogP contribution in [-0.2, 0) is 16.0 Å². The number of likely N-dealkylation sites (tertiary alicyclic amines) is 1. The first-order chi connectivity index (χ1) is 16.0. The largest absolute Gasteiger partial charge is 0.469 e. The van der Waals surface area contributed by atoms with Crippen LogP contribution in [0, 0.1) is 23.7 Å². The number of hydrogen-bond acceptors (Lipinski definition) is 5. The number of rotatable bonds is 6. The third-order valence-corrected chi connectivity index (χ3v) is 8.02. The maximum Gasteiger partial charge on any atom is 0.310 e. The highest BCUT2D eigenvalue weighted by atomic mass is 16.5. The van der Waals surface area contributed by atoms with E-state index in [1.54, 1.807) is 0 Å². The van der Waals surface area contributed by atoms with Crippen molar-refractivity contribution >= 4 is 28.8 Å². The Morgan fingerprint density at radius 3 is 2.70 bits per heavy atom. The van der Waals surface area contributed by atoms with E-state index in [-0.39, 0.29) is 23.8 Å². The average molecular weight is 451 g/mol. The Bertz CT molecular complexity index is 1040. The van der Waals surface area contributed by atoms with Gasteiger partial charge < -0.3 is 14.6 Å². The number of fused-ring (bicyclic) bond motifs is 5. The molecule has 1 aliphatic carbocycles. The Kier molecular flexibility index (Phi) is 7.32. The quantitative estimate of drug-likeness (QED) is 0.379. The molecule has 178 valence electrons. The molecule has 2 aromatic rings. The monoisotopic (exact) mass is 450 g/mol. The molecule has 0 amide bonds. The maximum atomic E-state index is 13.1. The van der Waals surface area contributed by atoms with Crippen LogP contribution in [-0.4, -0.2) is 54.5 Å². The first-order valence-corrected chi connectivity index (χ1v) is 12.5. The van der Waals surface area contributed by atoms with Gasteiger partial charge in [0.15, 0.2) is 0 Å². The number of aromatic nitrogens is 1. The second-order valence-electron chi connectivity index (χ2n) is 9.71. The fourth-order valence-corrected chi connectivity index (χ4v) is 5.95. The lowest BCUT2D eigenvalue weighted by molar-refractivity contribution is -0.154. The number of ether oxygens (including phenoxy) is 1. The van der Waals surface area contributed by atoms with Crippen LogP contribution in [0.15, 0.2) is 34.5 Å². The van der Waals surface area contributed by atoms with E-state index in [0.717, 1.165) is 55.6 Å². The van der Waals surface area contributed by atoms with Crippen LogP contribution < -0.4 is 0 Å². The highest BCUT2D eigenvalue weighted by molar-refractivity contribution is 6.06. The summed E-state index contributed by atoms with van der Waals surface area (Å²) in [5, 5.41) is 10.6. The molecule has 1 N–H and O–H groups in total. The van der Waals surface area contributed by atoms with Crippen molar-refractivity contribution in [3.63, 3.8) is 0 Å². The summed E-state index contributed by atoms with van der Waals surface area (Å²) in [6.45, 7) is 7.58. The standard InChI is InChI=1S/C27H38N4O2/c1-6-17(7-2)15-28-30-23-13-20-18(8-3)16-31(4)24(25(20)27(32)33-5)14-21-19-11-9-10-12-22(19)29-26(21)23/h9-12,15,17-18,20,24-25,29H,6-8,13-14,16H2,1-5H3/b28-15-,30-23+/t18-,20+,24-,25+/m0/s1. The van der Waals surface area contributed by atoms with Gasteiger partial charge in [0.2, 0.25) is 0 Å². The van der Waals surface area contributed by atoms with Crippen LogP contribution in [0.3, 0.4) is 0 Å². The number of esters is 1. The summed E-state index contributed by atoms with van der Waals surface area (Å²) in [4.78, 5) is 19.2. The summed E-state index contributed by atoms with van der Waals surface area (Å²) in [7, 11) is 3.67. The average Bonchev–Trinajstić information content (AvgIpc) is 3.19. The zero-order valence-electron chi connectivity index (χ0n) is 20.7. The lowest BCUT2D eigenvalue weighted by atomic mass is 9.67. The maximum absolute atomic E-state index is 13.1. The molecule has 2 heterocycles. The van der Waals surface area contributed by atoms with Crippen LogP contribution in [0.25, 0.3) is 10.9 Å². The van der Waals surface area contributed by atoms with E-state index < -0.39 is 0 Å². The number of para-hydroxylation sites is 1. The zero-order valence-corrected chi connectivity index (χ0v) is 20.7. The summed E-state index contributed by atoms with van der Waals surface area (Å²) in [5.74, 6) is 0.760. The van der Waals surface area contributed by atoms with Gasteiger partial charge in [-0.15, -0.1) is 0 Å². The normalized spacial score (nSPS) is 27.2. The Balaban J connectivity index is 1.87. The molecule has 6 nitrogen and oxygen atoms in total. The minimum Gasteiger partial charge on any atom is -0.469 e. The number of nitrogens with zero attached hydrogens (tertiary/aromatic N) is 3. The number of carbonyl (C=O) groups excluding carboxylic acids is 1. The van der Waals surface area contributed by atoms with Crippen molar-refractivity contribution in [2.45, 2.75) is 58.9 Å². The third kappa shape index (κ3) is 4.50. The van der Waals surface area contributed by atoms with E-state index in [1.807, 2.05) is 6.21 Å². The van der Waals surface area contributed by atoms with E-state index in [9.17, 15) is 4.79 Å². The molecular weight excluding hydrogens is 412 g/mol. The van der Waals surface area contributed by atoms with Gasteiger partial charge in [-0.3, -0.25) is 4.79 Å². The second kappa shape index (κ2) is 10.2. The lowest BCUT2D eigenvalue weighted by Gasteiger charge is -2.48. The predicted molar refractivity (Wildman–Crippen MR) is 135 cm³/mol. The third-order valence-electron chi connectivity index (χ3n) is 8.02. The molecule has 0 unspecified atom stereocenters. The van der Waals surface area contributed by atoms with Gasteiger partial charge in [-0.2, -0.15) is 10.2 Å². The number of H-pyrrole nitrogens is 1. The molecule has 2 aliphatic rings. The van der Waals surface area contributed by atoms with Crippen molar-refractivity contribution in [3.05, 3.63) is 35.5 Å². The highest BCUT2D eigenvalue weighted by Gasteiger charge is 2.48. The van der Waals surface area contributed by atoms with Crippen LogP contribution >= 0.6 is 0 Å². The number of aromatic amines is 1. The Labute approximate surface area is 197 Å². The van der Waals surface area contributed by atoms with Crippen molar-refractivity contribution in [2.24, 2.45) is 33.9 Å². The molecule has 1 saturated heterocycles. The van der Waals surface area contributed by atoms with E-state index in [4.69, 9.17) is 9.84 Å². The molecule has 0 saturated carbocycles. The van der Waals surface area contributed by atoms with Crippen molar-refractivity contribution < 1.29 is 9.53 Å². The number of piperidine rings is 1. The molecule has 2 bridgehead atoms. The Morgan fingerprint density at radius 2 is 2.00 bits per heavy atom. The number of likely N-dealkylation sites (N-methyl/N-ethyl adjacent to an activating group) is 1. The molecule has 0 spiro atoms. The molecule has 1 fully saturated rings. The van der Waals surface area contributed by atoms with Crippen LogP contribution in [0.2, 0.25) is 0 Å². The van der Waals surface area contributed by atoms with Gasteiger partial charge in [0, 0.05) is 29.7 Å². The number of nitrogens with one attached hydrogen (secondary N) is 1. The highest BCUT2D eigenvalue weighted by Crippen LogP contribution is 2.42. The Morgan fingerprint density at radius 1 is 1.24 bits per heavy atom. The first-order valence-electron chi connectivity index (χ1n) is 12.5. The molecule has 4 atom stereocenters. The van der Waals surface area contributed by atoms with Crippen molar-refractivity contribution in [1.82, 2.24) is 9.88 Å². The van der Waals surface area contributed by atoms with Gasteiger partial charge in [0.1, 0.15) is 0 Å². The van der Waals surface area contributed by atoms with Gasteiger partial charge in [-0.25, -0.2) is 0 Å². The summed E-state index contributed by atoms with van der Waals surface area (Å²) in [6, 6.07) is 8.53. The van der Waals surface area contributed by atoms with Gasteiger partial charge in [-0.1, -0.05) is 45.4 Å². The summed E-state index contributed by atoms with van der Waals surface area (Å²) in [6.07, 6.45) is 6.64. The predicted octanol–water partition coefficient (Wildman–Crippen LogP) is 5.07. The van der Waals surface area contributed by atoms with Crippen molar-refractivity contribution in [1.29, 1.82) is 0 Å². The second-order valence-corrected chi connectivity index (χ2v) is 9.71. The summed E-state index contributed by atoms with van der Waals surface area (Å²) in [5.41, 5.74) is 4.39. The first kappa shape index (κ1) is 23.7. The van der Waals surface area contributed by atoms with E-state index in [1.165, 1.54) is 18.1 Å².